The van der Waals surface area contributed by atoms with Crippen molar-refractivity contribution in [2.75, 3.05) is 19.0 Å². The van der Waals surface area contributed by atoms with Crippen molar-refractivity contribution < 1.29 is 28.7 Å². The van der Waals surface area contributed by atoms with Gasteiger partial charge in [-0.25, -0.2) is 9.59 Å². The summed E-state index contributed by atoms with van der Waals surface area (Å²) in [6, 6.07) is 4.15. The molecule has 0 saturated carbocycles. The van der Waals surface area contributed by atoms with Crippen LogP contribution in [0.2, 0.25) is 0 Å². The van der Waals surface area contributed by atoms with E-state index in [-0.39, 0.29) is 12.3 Å². The molecule has 0 bridgehead atoms. The molecule has 0 radical (unpaired) electrons. The number of likely N-dealkylation sites (tertiary alicyclic amines) is 2. The Bertz CT molecular complexity index is 1090. The molecule has 4 atom stereocenters. The van der Waals surface area contributed by atoms with Crippen LogP contribution in [0.3, 0.4) is 0 Å². The molecule has 0 aromatic heterocycles. The maximum Gasteiger partial charge on any atom is 0.410 e. The van der Waals surface area contributed by atoms with Crippen LogP contribution >= 0.6 is 0 Å². The largest absolute Gasteiger partial charge is 0.467 e. The lowest BCUT2D eigenvalue weighted by Gasteiger charge is -2.35. The number of hydrogen-bond acceptors (Lipinski definition) is 6. The first kappa shape index (κ1) is 23.6. The summed E-state index contributed by atoms with van der Waals surface area (Å²) in [5, 5.41) is 2.84. The summed E-state index contributed by atoms with van der Waals surface area (Å²) in [4.78, 5) is 55.6. The molecule has 0 aliphatic carbocycles. The Hall–Kier alpha value is -3.54. The average molecular weight is 468 g/mol. The number of rotatable bonds is 2. The number of methoxy groups -OCH3 is 1. The molecule has 2 fully saturated rings. The van der Waals surface area contributed by atoms with E-state index in [4.69, 9.17) is 15.9 Å². The summed E-state index contributed by atoms with van der Waals surface area (Å²) in [5.41, 5.74) is -0.786. The van der Waals surface area contributed by atoms with Crippen LogP contribution < -0.4 is 5.32 Å². The van der Waals surface area contributed by atoms with Crippen LogP contribution in [-0.4, -0.2) is 71.1 Å². The first-order valence-electron chi connectivity index (χ1n) is 11.3. The van der Waals surface area contributed by atoms with Gasteiger partial charge in [-0.05, 0) is 45.2 Å². The van der Waals surface area contributed by atoms with Crippen molar-refractivity contribution in [2.24, 2.45) is 0 Å². The molecule has 1 N–H and O–H groups in total. The number of anilines is 1. The molecule has 3 heterocycles. The Morgan fingerprint density at radius 1 is 1.21 bits per heavy atom. The van der Waals surface area contributed by atoms with Crippen LogP contribution in [0.4, 0.5) is 10.5 Å². The molecule has 4 rings (SSSR count). The van der Waals surface area contributed by atoms with Crippen molar-refractivity contribution in [1.29, 1.82) is 0 Å². The van der Waals surface area contributed by atoms with Gasteiger partial charge >= 0.3 is 12.1 Å². The molecule has 3 aliphatic rings. The molecule has 2 saturated heterocycles. The maximum atomic E-state index is 13.9. The number of nitrogens with zero attached hydrogens (tertiary/aromatic N) is 2. The quantitative estimate of drug-likeness (QED) is 0.527. The minimum absolute atomic E-state index is 0.0116. The summed E-state index contributed by atoms with van der Waals surface area (Å²) >= 11 is 0. The highest BCUT2D eigenvalue weighted by Gasteiger charge is 2.64. The van der Waals surface area contributed by atoms with Gasteiger partial charge in [0.1, 0.15) is 29.1 Å². The maximum absolute atomic E-state index is 13.9. The predicted molar refractivity (Wildman–Crippen MR) is 123 cm³/mol. The molecule has 3 amide bonds. The van der Waals surface area contributed by atoms with Crippen LogP contribution in [0.15, 0.2) is 24.3 Å². The lowest BCUT2D eigenvalue weighted by atomic mass is 9.74. The first-order chi connectivity index (χ1) is 16.0. The Kier molecular flexibility index (Phi) is 5.80. The molecule has 34 heavy (non-hydrogen) atoms. The molecule has 9 heteroatoms. The van der Waals surface area contributed by atoms with Gasteiger partial charge in [0.25, 0.3) is 0 Å². The summed E-state index contributed by atoms with van der Waals surface area (Å²) in [5.74, 6) is 1.10. The molecule has 0 unspecified atom stereocenters. The first-order valence-corrected chi connectivity index (χ1v) is 11.3. The second kappa shape index (κ2) is 8.35. The molecular weight excluding hydrogens is 438 g/mol. The molecular formula is C25H29N3O6. The molecule has 1 aromatic rings. The van der Waals surface area contributed by atoms with Crippen molar-refractivity contribution in [1.82, 2.24) is 9.80 Å². The van der Waals surface area contributed by atoms with Gasteiger partial charge in [-0.3, -0.25) is 14.5 Å². The third-order valence-corrected chi connectivity index (χ3v) is 6.71. The highest BCUT2D eigenvalue weighted by molar-refractivity contribution is 6.09. The van der Waals surface area contributed by atoms with Gasteiger partial charge in [-0.2, -0.15) is 0 Å². The molecule has 180 valence electrons. The number of ether oxygens (including phenoxy) is 2. The van der Waals surface area contributed by atoms with Crippen molar-refractivity contribution >= 4 is 29.6 Å². The summed E-state index contributed by atoms with van der Waals surface area (Å²) in [7, 11) is 1.23. The SMILES string of the molecule is C#C[C@@H]1N(C(=O)[C@@H]2CCCN2C(=O)OC(C)(C)C)[C@H](C(=O)OC)C[C@@]12C(=O)Nc1ccccc12. The van der Waals surface area contributed by atoms with Crippen LogP contribution in [0, 0.1) is 12.3 Å². The van der Waals surface area contributed by atoms with Gasteiger partial charge in [0.15, 0.2) is 0 Å². The number of nitrogens with one attached hydrogen (secondary N) is 1. The fourth-order valence-corrected chi connectivity index (χ4v) is 5.31. The van der Waals surface area contributed by atoms with Crippen LogP contribution in [0.5, 0.6) is 0 Å². The monoisotopic (exact) mass is 467 g/mol. The van der Waals surface area contributed by atoms with E-state index in [0.717, 1.165) is 0 Å². The van der Waals surface area contributed by atoms with Gasteiger partial charge in [-0.1, -0.05) is 24.1 Å². The van der Waals surface area contributed by atoms with E-state index in [1.54, 1.807) is 45.0 Å². The number of carbonyl (C=O) groups excluding carboxylic acids is 4. The van der Waals surface area contributed by atoms with Gasteiger partial charge in [0, 0.05) is 18.7 Å². The van der Waals surface area contributed by atoms with E-state index in [9.17, 15) is 19.2 Å². The summed E-state index contributed by atoms with van der Waals surface area (Å²) in [6.45, 7) is 5.59. The third kappa shape index (κ3) is 3.58. The Morgan fingerprint density at radius 3 is 2.56 bits per heavy atom. The van der Waals surface area contributed by atoms with E-state index in [1.165, 1.54) is 16.9 Å². The topological polar surface area (TPSA) is 105 Å². The molecule has 1 spiro atoms. The smallest absolute Gasteiger partial charge is 0.410 e. The fourth-order valence-electron chi connectivity index (χ4n) is 5.31. The number of amides is 3. The average Bonchev–Trinajstić information content (AvgIpc) is 3.47. The lowest BCUT2D eigenvalue weighted by molar-refractivity contribution is -0.153. The number of carbonyl (C=O) groups is 4. The zero-order valence-corrected chi connectivity index (χ0v) is 19.8. The standard InChI is InChI=1S/C25H29N3O6/c1-6-19-25(15-10-7-8-11-16(15)26-22(25)31)14-18(21(30)33-5)28(19)20(29)17-12-9-13-27(17)23(32)34-24(2,3)4/h1,7-8,10-11,17-19H,9,12-14H2,2-5H3,(H,26,31)/t17-,18-,19-,25-/m0/s1. The highest BCUT2D eigenvalue weighted by atomic mass is 16.6. The number of para-hydroxylation sites is 1. The van der Waals surface area contributed by atoms with Crippen molar-refractivity contribution in [3.63, 3.8) is 0 Å². The number of benzene rings is 1. The Morgan fingerprint density at radius 2 is 1.91 bits per heavy atom. The number of hydrogen-bond donors (Lipinski definition) is 1. The number of fused-ring (bicyclic) bond motifs is 2. The van der Waals surface area contributed by atoms with Gasteiger partial charge in [0.2, 0.25) is 11.8 Å². The molecule has 9 nitrogen and oxygen atoms in total. The van der Waals surface area contributed by atoms with Crippen molar-refractivity contribution in [3.8, 4) is 12.3 Å². The highest BCUT2D eigenvalue weighted by Crippen LogP contribution is 2.50. The van der Waals surface area contributed by atoms with Gasteiger partial charge < -0.3 is 19.7 Å². The van der Waals surface area contributed by atoms with Crippen LogP contribution in [0.1, 0.15) is 45.6 Å². The van der Waals surface area contributed by atoms with E-state index in [1.807, 2.05) is 0 Å². The van der Waals surface area contributed by atoms with E-state index in [0.29, 0.717) is 30.6 Å². The molecule has 3 aliphatic heterocycles. The minimum Gasteiger partial charge on any atom is -0.467 e. The third-order valence-electron chi connectivity index (χ3n) is 6.71. The summed E-state index contributed by atoms with van der Waals surface area (Å²) < 4.78 is 10.5. The van der Waals surface area contributed by atoms with Crippen molar-refractivity contribution in [3.05, 3.63) is 29.8 Å². The Labute approximate surface area is 198 Å². The Balaban J connectivity index is 1.74. The lowest BCUT2D eigenvalue weighted by Crippen LogP contribution is -2.56. The van der Waals surface area contributed by atoms with E-state index < -0.39 is 47.1 Å². The van der Waals surface area contributed by atoms with Crippen LogP contribution in [0.25, 0.3) is 0 Å². The molecule has 1 aromatic carbocycles. The normalized spacial score (nSPS) is 27.9. The zero-order chi connectivity index (χ0) is 24.8. The van der Waals surface area contributed by atoms with Crippen molar-refractivity contribution in [2.45, 2.75) is 69.2 Å². The second-order valence-electron chi connectivity index (χ2n) is 9.86. The van der Waals surface area contributed by atoms with Gasteiger partial charge in [0.05, 0.1) is 7.11 Å². The zero-order valence-electron chi connectivity index (χ0n) is 19.8. The van der Waals surface area contributed by atoms with E-state index >= 15 is 0 Å². The second-order valence-corrected chi connectivity index (χ2v) is 9.86. The number of esters is 1. The minimum atomic E-state index is -1.30. The van der Waals surface area contributed by atoms with Crippen LogP contribution in [-0.2, 0) is 29.3 Å². The summed E-state index contributed by atoms with van der Waals surface area (Å²) in [6.07, 6.45) is 6.32. The van der Waals surface area contributed by atoms with Gasteiger partial charge in [-0.15, -0.1) is 6.42 Å². The van der Waals surface area contributed by atoms with E-state index in [2.05, 4.69) is 11.2 Å². The predicted octanol–water partition coefficient (Wildman–Crippen LogP) is 2.05. The number of terminal acetylenes is 1. The fraction of sp³-hybridized carbons (Fsp3) is 0.520.